The average Bonchev–Trinajstić information content (AvgIpc) is 2.28. The van der Waals surface area contributed by atoms with E-state index < -0.39 is 0 Å². The van der Waals surface area contributed by atoms with Crippen molar-refractivity contribution in [2.24, 2.45) is 5.73 Å². The van der Waals surface area contributed by atoms with E-state index in [4.69, 9.17) is 22.7 Å². The Morgan fingerprint density at radius 3 is 2.78 bits per heavy atom. The van der Waals surface area contributed by atoms with E-state index in [2.05, 4.69) is 5.32 Å². The van der Waals surface area contributed by atoms with Gasteiger partial charge >= 0.3 is 0 Å². The number of carbonyl (C=O) groups is 1. The standard InChI is InChI=1S/C13H18N2O2S/c1-3-17-11-7-5-4-6-10(11)13(16)15-9(2)8-12(14)18/h4-7,9H,3,8H2,1-2H3,(H2,14,18)(H,15,16). The lowest BCUT2D eigenvalue weighted by molar-refractivity contribution is 0.0937. The molecule has 4 nitrogen and oxygen atoms in total. The molecule has 0 aliphatic heterocycles. The van der Waals surface area contributed by atoms with Gasteiger partial charge in [-0.25, -0.2) is 0 Å². The van der Waals surface area contributed by atoms with Crippen LogP contribution in [-0.2, 0) is 0 Å². The number of amides is 1. The highest BCUT2D eigenvalue weighted by Gasteiger charge is 2.14. The molecule has 1 amide bonds. The molecule has 0 aliphatic rings. The maximum absolute atomic E-state index is 12.1. The molecule has 0 spiro atoms. The fourth-order valence-electron chi connectivity index (χ4n) is 1.59. The molecule has 0 saturated carbocycles. The van der Waals surface area contributed by atoms with Crippen molar-refractivity contribution in [1.82, 2.24) is 5.32 Å². The molecule has 1 rings (SSSR count). The quantitative estimate of drug-likeness (QED) is 0.772. The smallest absolute Gasteiger partial charge is 0.255 e. The van der Waals surface area contributed by atoms with E-state index in [9.17, 15) is 4.79 Å². The SMILES string of the molecule is CCOc1ccccc1C(=O)NC(C)CC(N)=S. The Morgan fingerprint density at radius 2 is 2.17 bits per heavy atom. The van der Waals surface area contributed by atoms with E-state index in [1.54, 1.807) is 18.2 Å². The molecule has 98 valence electrons. The maximum atomic E-state index is 12.1. The minimum atomic E-state index is -0.178. The van der Waals surface area contributed by atoms with Crippen LogP contribution in [0.1, 0.15) is 30.6 Å². The Bertz CT molecular complexity index is 435. The fourth-order valence-corrected chi connectivity index (χ4v) is 1.84. The zero-order chi connectivity index (χ0) is 13.5. The zero-order valence-corrected chi connectivity index (χ0v) is 11.4. The largest absolute Gasteiger partial charge is 0.493 e. The summed E-state index contributed by atoms with van der Waals surface area (Å²) in [5.74, 6) is 0.405. The molecule has 0 aromatic heterocycles. The Hall–Kier alpha value is -1.62. The molecule has 0 heterocycles. The molecule has 0 aliphatic carbocycles. The topological polar surface area (TPSA) is 64.3 Å². The van der Waals surface area contributed by atoms with Crippen molar-refractivity contribution in [3.63, 3.8) is 0 Å². The number of thiocarbonyl (C=S) groups is 1. The molecule has 0 fully saturated rings. The van der Waals surface area contributed by atoms with Gasteiger partial charge in [0.15, 0.2) is 0 Å². The van der Waals surface area contributed by atoms with Crippen molar-refractivity contribution < 1.29 is 9.53 Å². The third-order valence-corrected chi connectivity index (χ3v) is 2.48. The van der Waals surface area contributed by atoms with Crippen molar-refractivity contribution in [1.29, 1.82) is 0 Å². The van der Waals surface area contributed by atoms with Crippen molar-refractivity contribution >= 4 is 23.1 Å². The molecule has 1 unspecified atom stereocenters. The van der Waals surface area contributed by atoms with Gasteiger partial charge in [-0.3, -0.25) is 4.79 Å². The lowest BCUT2D eigenvalue weighted by atomic mass is 10.1. The summed E-state index contributed by atoms with van der Waals surface area (Å²) in [5, 5.41) is 2.84. The lowest BCUT2D eigenvalue weighted by Gasteiger charge is -2.15. The van der Waals surface area contributed by atoms with Gasteiger partial charge in [-0.1, -0.05) is 24.4 Å². The molecule has 0 bridgehead atoms. The summed E-state index contributed by atoms with van der Waals surface area (Å²) in [5.41, 5.74) is 5.96. The second kappa shape index (κ2) is 6.96. The van der Waals surface area contributed by atoms with Crippen molar-refractivity contribution in [3.05, 3.63) is 29.8 Å². The molecule has 5 heteroatoms. The van der Waals surface area contributed by atoms with Crippen LogP contribution in [0.25, 0.3) is 0 Å². The second-order valence-electron chi connectivity index (χ2n) is 3.97. The number of hydrogen-bond donors (Lipinski definition) is 2. The first-order chi connectivity index (χ1) is 8.54. The fraction of sp³-hybridized carbons (Fsp3) is 0.385. The Morgan fingerprint density at radius 1 is 1.50 bits per heavy atom. The second-order valence-corrected chi connectivity index (χ2v) is 4.50. The summed E-state index contributed by atoms with van der Waals surface area (Å²) in [6, 6.07) is 7.05. The Balaban J connectivity index is 2.74. The number of nitrogens with two attached hydrogens (primary N) is 1. The van der Waals surface area contributed by atoms with Gasteiger partial charge in [-0.2, -0.15) is 0 Å². The summed E-state index contributed by atoms with van der Waals surface area (Å²) < 4.78 is 5.41. The van der Waals surface area contributed by atoms with E-state index in [-0.39, 0.29) is 11.9 Å². The Labute approximate surface area is 113 Å². The number of rotatable bonds is 6. The average molecular weight is 266 g/mol. The van der Waals surface area contributed by atoms with Crippen LogP contribution < -0.4 is 15.8 Å². The van der Waals surface area contributed by atoms with E-state index in [0.29, 0.717) is 29.3 Å². The van der Waals surface area contributed by atoms with Gasteiger partial charge in [0.05, 0.1) is 17.2 Å². The number of hydrogen-bond acceptors (Lipinski definition) is 3. The van der Waals surface area contributed by atoms with Crippen LogP contribution in [0.15, 0.2) is 24.3 Å². The van der Waals surface area contributed by atoms with Gasteiger partial charge < -0.3 is 15.8 Å². The lowest BCUT2D eigenvalue weighted by Crippen LogP contribution is -2.35. The highest BCUT2D eigenvalue weighted by atomic mass is 32.1. The summed E-state index contributed by atoms with van der Waals surface area (Å²) >= 11 is 4.81. The van der Waals surface area contributed by atoms with Gasteiger partial charge in [0.25, 0.3) is 5.91 Å². The summed E-state index contributed by atoms with van der Waals surface area (Å²) in [6.45, 7) is 4.26. The summed E-state index contributed by atoms with van der Waals surface area (Å²) in [7, 11) is 0. The van der Waals surface area contributed by atoms with Crippen LogP contribution in [0.4, 0.5) is 0 Å². The molecule has 1 aromatic rings. The van der Waals surface area contributed by atoms with Gasteiger partial charge in [0.2, 0.25) is 0 Å². The minimum absolute atomic E-state index is 0.0929. The van der Waals surface area contributed by atoms with Crippen LogP contribution in [0, 0.1) is 0 Å². The molecular weight excluding hydrogens is 248 g/mol. The van der Waals surface area contributed by atoms with E-state index in [1.807, 2.05) is 19.9 Å². The predicted molar refractivity (Wildman–Crippen MR) is 75.9 cm³/mol. The van der Waals surface area contributed by atoms with Gasteiger partial charge in [0.1, 0.15) is 5.75 Å². The van der Waals surface area contributed by atoms with Gasteiger partial charge in [0, 0.05) is 12.5 Å². The highest BCUT2D eigenvalue weighted by molar-refractivity contribution is 7.80. The zero-order valence-electron chi connectivity index (χ0n) is 10.6. The minimum Gasteiger partial charge on any atom is -0.493 e. The molecular formula is C13H18N2O2S. The number of para-hydroxylation sites is 1. The van der Waals surface area contributed by atoms with Gasteiger partial charge in [-0.15, -0.1) is 0 Å². The third kappa shape index (κ3) is 4.33. The molecule has 0 saturated heterocycles. The van der Waals surface area contributed by atoms with E-state index in [1.165, 1.54) is 0 Å². The first-order valence-corrected chi connectivity index (χ1v) is 6.26. The van der Waals surface area contributed by atoms with Crippen LogP contribution >= 0.6 is 12.2 Å². The molecule has 1 atom stereocenters. The maximum Gasteiger partial charge on any atom is 0.255 e. The van der Waals surface area contributed by atoms with Gasteiger partial charge in [-0.05, 0) is 26.0 Å². The Kier molecular flexibility index (Phi) is 5.58. The number of benzene rings is 1. The predicted octanol–water partition coefficient (Wildman–Crippen LogP) is 1.88. The van der Waals surface area contributed by atoms with Crippen molar-refractivity contribution in [3.8, 4) is 5.75 Å². The van der Waals surface area contributed by atoms with Crippen molar-refractivity contribution in [2.75, 3.05) is 6.61 Å². The summed E-state index contributed by atoms with van der Waals surface area (Å²) in [6.07, 6.45) is 0.484. The van der Waals surface area contributed by atoms with Crippen LogP contribution in [0.2, 0.25) is 0 Å². The normalized spacial score (nSPS) is 11.7. The summed E-state index contributed by atoms with van der Waals surface area (Å²) in [4.78, 5) is 12.4. The van der Waals surface area contributed by atoms with Crippen molar-refractivity contribution in [2.45, 2.75) is 26.3 Å². The van der Waals surface area contributed by atoms with E-state index in [0.717, 1.165) is 0 Å². The van der Waals surface area contributed by atoms with E-state index >= 15 is 0 Å². The molecule has 1 aromatic carbocycles. The number of carbonyl (C=O) groups excluding carboxylic acids is 1. The number of ether oxygens (including phenoxy) is 1. The first kappa shape index (κ1) is 14.4. The molecule has 3 N–H and O–H groups in total. The number of nitrogens with one attached hydrogen (secondary N) is 1. The molecule has 18 heavy (non-hydrogen) atoms. The third-order valence-electron chi connectivity index (χ3n) is 2.32. The first-order valence-electron chi connectivity index (χ1n) is 5.85. The van der Waals surface area contributed by atoms with Crippen LogP contribution in [0.3, 0.4) is 0 Å². The van der Waals surface area contributed by atoms with Crippen LogP contribution in [-0.4, -0.2) is 23.5 Å². The monoisotopic (exact) mass is 266 g/mol. The molecule has 0 radical (unpaired) electrons. The van der Waals surface area contributed by atoms with Crippen LogP contribution in [0.5, 0.6) is 5.75 Å². The highest BCUT2D eigenvalue weighted by Crippen LogP contribution is 2.17.